The smallest absolute Gasteiger partial charge is 0.259 e. The van der Waals surface area contributed by atoms with Gasteiger partial charge in [0.1, 0.15) is 11.5 Å². The van der Waals surface area contributed by atoms with Crippen LogP contribution in [-0.4, -0.2) is 53.2 Å². The van der Waals surface area contributed by atoms with E-state index in [1.807, 2.05) is 68.4 Å². The second kappa shape index (κ2) is 9.54. The minimum atomic E-state index is 0.0267. The molecule has 2 aromatic carbocycles. The number of hydrogen-bond donors (Lipinski definition) is 0. The molecule has 0 N–H and O–H groups in total. The molecule has 7 heteroatoms. The Morgan fingerprint density at radius 2 is 1.66 bits per heavy atom. The largest absolute Gasteiger partial charge is 0.457 e. The second-order valence-electron chi connectivity index (χ2n) is 8.53. The summed E-state index contributed by atoms with van der Waals surface area (Å²) in [4.78, 5) is 24.4. The number of aromatic nitrogens is 2. The first-order chi connectivity index (χ1) is 15.4. The zero-order chi connectivity index (χ0) is 22.7. The van der Waals surface area contributed by atoms with Gasteiger partial charge in [-0.1, -0.05) is 18.2 Å². The highest BCUT2D eigenvalue weighted by Crippen LogP contribution is 2.30. The Labute approximate surface area is 189 Å². The first kappa shape index (κ1) is 22.0. The lowest BCUT2D eigenvalue weighted by molar-refractivity contribution is 0.189. The molecule has 0 spiro atoms. The van der Waals surface area contributed by atoms with Crippen molar-refractivity contribution in [3.63, 3.8) is 0 Å². The Kier molecular flexibility index (Phi) is 6.58. The Balaban J connectivity index is 1.62. The van der Waals surface area contributed by atoms with Gasteiger partial charge in [-0.2, -0.15) is 0 Å². The van der Waals surface area contributed by atoms with Gasteiger partial charge in [0.25, 0.3) is 5.56 Å². The third-order valence-corrected chi connectivity index (χ3v) is 5.75. The minimum absolute atomic E-state index is 0.0267. The predicted molar refractivity (Wildman–Crippen MR) is 128 cm³/mol. The van der Waals surface area contributed by atoms with E-state index in [1.54, 1.807) is 4.57 Å². The number of ether oxygens (including phenoxy) is 1. The van der Waals surface area contributed by atoms with Crippen LogP contribution in [0.25, 0.3) is 0 Å². The van der Waals surface area contributed by atoms with Crippen LogP contribution in [0.5, 0.6) is 11.5 Å². The van der Waals surface area contributed by atoms with Crippen LogP contribution in [0.15, 0.2) is 59.4 Å². The van der Waals surface area contributed by atoms with Gasteiger partial charge in [-0.05, 0) is 77.3 Å². The molecule has 1 aliphatic rings. The summed E-state index contributed by atoms with van der Waals surface area (Å²) in [7, 11) is 4.16. The average molecular weight is 434 g/mol. The van der Waals surface area contributed by atoms with Crippen LogP contribution < -0.4 is 15.2 Å². The Bertz CT molecular complexity index is 1110. The van der Waals surface area contributed by atoms with E-state index in [9.17, 15) is 4.79 Å². The lowest BCUT2D eigenvalue weighted by Crippen LogP contribution is -2.48. The van der Waals surface area contributed by atoms with Gasteiger partial charge in [-0.15, -0.1) is 0 Å². The molecule has 0 bridgehead atoms. The summed E-state index contributed by atoms with van der Waals surface area (Å²) in [5.41, 5.74) is 2.48. The van der Waals surface area contributed by atoms with Crippen LogP contribution >= 0.6 is 0 Å². The first-order valence-electron chi connectivity index (χ1n) is 11.0. The molecule has 0 fully saturated rings. The summed E-state index contributed by atoms with van der Waals surface area (Å²) < 4.78 is 7.72. The van der Waals surface area contributed by atoms with Crippen molar-refractivity contribution < 1.29 is 4.74 Å². The normalized spacial score (nSPS) is 14.0. The molecule has 0 aliphatic carbocycles. The van der Waals surface area contributed by atoms with E-state index in [0.29, 0.717) is 24.8 Å². The molecule has 0 saturated carbocycles. The van der Waals surface area contributed by atoms with Crippen LogP contribution in [-0.2, 0) is 6.67 Å². The number of hydrogen-bond acceptors (Lipinski definition) is 6. The van der Waals surface area contributed by atoms with E-state index in [2.05, 4.69) is 28.8 Å². The number of anilines is 2. The average Bonchev–Trinajstić information content (AvgIpc) is 2.79. The van der Waals surface area contributed by atoms with Crippen molar-refractivity contribution in [2.24, 2.45) is 0 Å². The molecule has 4 rings (SSSR count). The molecule has 1 aliphatic heterocycles. The molecule has 3 aromatic rings. The van der Waals surface area contributed by atoms with Gasteiger partial charge in [-0.25, -0.2) is 4.98 Å². The topological polar surface area (TPSA) is 53.8 Å². The van der Waals surface area contributed by atoms with Crippen molar-refractivity contribution in [1.82, 2.24) is 19.4 Å². The summed E-state index contributed by atoms with van der Waals surface area (Å²) in [6, 6.07) is 17.7. The fraction of sp³-hybridized carbons (Fsp3) is 0.360. The van der Waals surface area contributed by atoms with Crippen LogP contribution in [0, 0.1) is 13.8 Å². The first-order valence-corrected chi connectivity index (χ1v) is 11.0. The van der Waals surface area contributed by atoms with E-state index < -0.39 is 0 Å². The third kappa shape index (κ3) is 4.84. The SMILES string of the molecule is Cc1nc2n(c(=O)c1C)CN(CCCN(C)C)CN2c1ccc(Oc2ccccc2)cc1. The Hall–Kier alpha value is -3.16. The maximum absolute atomic E-state index is 13.0. The van der Waals surface area contributed by atoms with Crippen LogP contribution in [0.4, 0.5) is 11.6 Å². The fourth-order valence-electron chi connectivity index (χ4n) is 3.85. The van der Waals surface area contributed by atoms with Crippen molar-refractivity contribution in [3.8, 4) is 11.5 Å². The molecule has 0 atom stereocenters. The number of aryl methyl sites for hydroxylation is 1. The predicted octanol–water partition coefficient (Wildman–Crippen LogP) is 3.97. The van der Waals surface area contributed by atoms with Gasteiger partial charge in [0.15, 0.2) is 0 Å². The Morgan fingerprint density at radius 1 is 0.969 bits per heavy atom. The molecule has 0 radical (unpaired) electrons. The molecule has 7 nitrogen and oxygen atoms in total. The van der Waals surface area contributed by atoms with E-state index in [0.717, 1.165) is 42.4 Å². The van der Waals surface area contributed by atoms with Gasteiger partial charge < -0.3 is 9.64 Å². The molecular weight excluding hydrogens is 402 g/mol. The third-order valence-electron chi connectivity index (χ3n) is 5.75. The highest BCUT2D eigenvalue weighted by atomic mass is 16.5. The highest BCUT2D eigenvalue weighted by molar-refractivity contribution is 5.59. The quantitative estimate of drug-likeness (QED) is 0.562. The molecule has 168 valence electrons. The van der Waals surface area contributed by atoms with E-state index in [-0.39, 0.29) is 5.56 Å². The maximum Gasteiger partial charge on any atom is 0.259 e. The number of rotatable bonds is 7. The minimum Gasteiger partial charge on any atom is -0.457 e. The molecule has 2 heterocycles. The summed E-state index contributed by atoms with van der Waals surface area (Å²) >= 11 is 0. The van der Waals surface area contributed by atoms with Crippen molar-refractivity contribution in [1.29, 1.82) is 0 Å². The molecule has 0 amide bonds. The van der Waals surface area contributed by atoms with Gasteiger partial charge in [0, 0.05) is 23.5 Å². The molecular formula is C25H31N5O2. The fourth-order valence-corrected chi connectivity index (χ4v) is 3.85. The summed E-state index contributed by atoms with van der Waals surface area (Å²) in [6.45, 7) is 6.90. The van der Waals surface area contributed by atoms with Crippen molar-refractivity contribution in [2.45, 2.75) is 26.9 Å². The standard InChI is InChI=1S/C25H31N5O2/c1-19-20(2)26-25-29(17-28(16-8-15-27(3)4)18-30(25)24(19)31)21-11-13-23(14-12-21)32-22-9-6-5-7-10-22/h5-7,9-14H,8,15-18H2,1-4H3. The number of benzene rings is 2. The van der Waals surface area contributed by atoms with Crippen molar-refractivity contribution >= 4 is 11.6 Å². The van der Waals surface area contributed by atoms with E-state index in [4.69, 9.17) is 9.72 Å². The summed E-state index contributed by atoms with van der Waals surface area (Å²) in [5.74, 6) is 2.26. The summed E-state index contributed by atoms with van der Waals surface area (Å²) in [6.07, 6.45) is 1.03. The molecule has 0 unspecified atom stereocenters. The van der Waals surface area contributed by atoms with Crippen molar-refractivity contribution in [2.75, 3.05) is 38.8 Å². The monoisotopic (exact) mass is 433 g/mol. The Morgan fingerprint density at radius 3 is 2.34 bits per heavy atom. The molecule has 1 aromatic heterocycles. The number of para-hydroxylation sites is 1. The lowest BCUT2D eigenvalue weighted by atomic mass is 10.2. The van der Waals surface area contributed by atoms with Gasteiger partial charge >= 0.3 is 0 Å². The van der Waals surface area contributed by atoms with Crippen LogP contribution in [0.3, 0.4) is 0 Å². The number of nitrogens with zero attached hydrogens (tertiary/aromatic N) is 5. The van der Waals surface area contributed by atoms with Crippen LogP contribution in [0.1, 0.15) is 17.7 Å². The zero-order valence-electron chi connectivity index (χ0n) is 19.3. The summed E-state index contributed by atoms with van der Waals surface area (Å²) in [5, 5.41) is 0. The lowest BCUT2D eigenvalue weighted by Gasteiger charge is -2.38. The number of fused-ring (bicyclic) bond motifs is 1. The van der Waals surface area contributed by atoms with Gasteiger partial charge in [-0.3, -0.25) is 19.2 Å². The maximum atomic E-state index is 13.0. The van der Waals surface area contributed by atoms with Crippen molar-refractivity contribution in [3.05, 3.63) is 76.2 Å². The van der Waals surface area contributed by atoms with E-state index in [1.165, 1.54) is 0 Å². The molecule has 32 heavy (non-hydrogen) atoms. The van der Waals surface area contributed by atoms with E-state index >= 15 is 0 Å². The van der Waals surface area contributed by atoms with Gasteiger partial charge in [0.05, 0.1) is 13.3 Å². The van der Waals surface area contributed by atoms with Crippen LogP contribution in [0.2, 0.25) is 0 Å². The zero-order valence-corrected chi connectivity index (χ0v) is 19.3. The molecule has 0 saturated heterocycles. The second-order valence-corrected chi connectivity index (χ2v) is 8.53. The highest BCUT2D eigenvalue weighted by Gasteiger charge is 2.27. The van der Waals surface area contributed by atoms with Gasteiger partial charge in [0.2, 0.25) is 5.95 Å².